The molecule has 1 fully saturated rings. The number of rotatable bonds is 5. The second kappa shape index (κ2) is 9.01. The number of carbonyl (C=O) groups excluding carboxylic acids is 1. The van der Waals surface area contributed by atoms with Crippen molar-refractivity contribution in [2.75, 3.05) is 6.61 Å². The molecule has 22 heavy (non-hydrogen) atoms. The fourth-order valence-electron chi connectivity index (χ4n) is 2.89. The first-order valence-electron chi connectivity index (χ1n) is 7.85. The molecule has 2 atom stereocenters. The van der Waals surface area contributed by atoms with Crippen LogP contribution in [0.2, 0.25) is 0 Å². The fraction of sp³-hybridized carbons (Fsp3) is 0.588. The summed E-state index contributed by atoms with van der Waals surface area (Å²) in [5.74, 6) is 1.04. The molecule has 1 aliphatic carbocycles. The minimum Gasteiger partial charge on any atom is -0.494 e. The van der Waals surface area contributed by atoms with Crippen molar-refractivity contribution in [2.45, 2.75) is 52.1 Å². The first-order chi connectivity index (χ1) is 10.1. The maximum atomic E-state index is 12.2. The zero-order chi connectivity index (χ0) is 15.2. The molecule has 5 heteroatoms. The van der Waals surface area contributed by atoms with Crippen LogP contribution in [-0.2, 0) is 11.3 Å². The Labute approximate surface area is 139 Å². The number of nitrogens with one attached hydrogen (secondary N) is 1. The van der Waals surface area contributed by atoms with Crippen molar-refractivity contribution in [3.63, 3.8) is 0 Å². The molecule has 2 rings (SSSR count). The predicted octanol–water partition coefficient (Wildman–Crippen LogP) is 2.95. The van der Waals surface area contributed by atoms with E-state index in [1.54, 1.807) is 0 Å². The van der Waals surface area contributed by atoms with Crippen LogP contribution in [0.3, 0.4) is 0 Å². The molecule has 0 aliphatic heterocycles. The highest BCUT2D eigenvalue weighted by atomic mass is 35.5. The molecule has 1 saturated carbocycles. The van der Waals surface area contributed by atoms with Gasteiger partial charge in [0.2, 0.25) is 5.91 Å². The Morgan fingerprint density at radius 1 is 1.41 bits per heavy atom. The second-order valence-corrected chi connectivity index (χ2v) is 5.89. The van der Waals surface area contributed by atoms with Crippen molar-refractivity contribution < 1.29 is 9.53 Å². The summed E-state index contributed by atoms with van der Waals surface area (Å²) in [6.07, 6.45) is 3.84. The summed E-state index contributed by atoms with van der Waals surface area (Å²) in [6, 6.07) is 6.25. The van der Waals surface area contributed by atoms with Crippen molar-refractivity contribution in [2.24, 2.45) is 11.7 Å². The number of benzene rings is 1. The highest BCUT2D eigenvalue weighted by molar-refractivity contribution is 5.85. The molecule has 0 aromatic heterocycles. The first-order valence-corrected chi connectivity index (χ1v) is 7.85. The van der Waals surface area contributed by atoms with Gasteiger partial charge in [0.25, 0.3) is 0 Å². The molecule has 4 nitrogen and oxygen atoms in total. The highest BCUT2D eigenvalue weighted by Crippen LogP contribution is 2.24. The van der Waals surface area contributed by atoms with Crippen LogP contribution in [0.15, 0.2) is 18.2 Å². The predicted molar refractivity (Wildman–Crippen MR) is 91.4 cm³/mol. The van der Waals surface area contributed by atoms with Crippen LogP contribution in [0, 0.1) is 12.8 Å². The molecule has 2 unspecified atom stereocenters. The zero-order valence-electron chi connectivity index (χ0n) is 13.4. The summed E-state index contributed by atoms with van der Waals surface area (Å²) in [4.78, 5) is 12.2. The molecule has 0 heterocycles. The van der Waals surface area contributed by atoms with Gasteiger partial charge in [-0.1, -0.05) is 18.6 Å². The lowest BCUT2D eigenvalue weighted by atomic mass is 9.85. The first kappa shape index (κ1) is 18.8. The Hall–Kier alpha value is -1.26. The fourth-order valence-corrected chi connectivity index (χ4v) is 2.89. The van der Waals surface area contributed by atoms with Gasteiger partial charge in [-0.15, -0.1) is 12.4 Å². The van der Waals surface area contributed by atoms with Gasteiger partial charge in [0.1, 0.15) is 5.75 Å². The number of aryl methyl sites for hydroxylation is 1. The maximum absolute atomic E-state index is 12.2. The van der Waals surface area contributed by atoms with Crippen LogP contribution in [0.25, 0.3) is 0 Å². The van der Waals surface area contributed by atoms with Gasteiger partial charge >= 0.3 is 0 Å². The summed E-state index contributed by atoms with van der Waals surface area (Å²) < 4.78 is 5.64. The Bertz CT molecular complexity index is 494. The van der Waals surface area contributed by atoms with Crippen LogP contribution in [0.1, 0.15) is 43.7 Å². The van der Waals surface area contributed by atoms with Crippen LogP contribution < -0.4 is 15.8 Å². The van der Waals surface area contributed by atoms with Gasteiger partial charge in [0, 0.05) is 24.1 Å². The molecular formula is C17H27ClN2O2. The number of carbonyl (C=O) groups is 1. The Morgan fingerprint density at radius 3 is 2.86 bits per heavy atom. The Kier molecular flexibility index (Phi) is 7.69. The number of amides is 1. The van der Waals surface area contributed by atoms with E-state index in [9.17, 15) is 4.79 Å². The molecule has 0 saturated heterocycles. The standard InChI is InChI=1S/C17H26N2O2.ClH/c1-3-21-16-9-12(2)7-8-14(16)11-19-17(20)13-5-4-6-15(18)10-13;/h7-9,13,15H,3-6,10-11,18H2,1-2H3,(H,19,20);1H. The van der Waals surface area contributed by atoms with Crippen LogP contribution in [-0.4, -0.2) is 18.6 Å². The average Bonchev–Trinajstić information content (AvgIpc) is 2.46. The lowest BCUT2D eigenvalue weighted by Crippen LogP contribution is -2.37. The van der Waals surface area contributed by atoms with Gasteiger partial charge in [-0.25, -0.2) is 0 Å². The van der Waals surface area contributed by atoms with E-state index >= 15 is 0 Å². The van der Waals surface area contributed by atoms with E-state index < -0.39 is 0 Å². The van der Waals surface area contributed by atoms with E-state index in [1.807, 2.05) is 32.0 Å². The minimum absolute atomic E-state index is 0. The van der Waals surface area contributed by atoms with Crippen molar-refractivity contribution in [1.82, 2.24) is 5.32 Å². The van der Waals surface area contributed by atoms with Gasteiger partial charge in [-0.3, -0.25) is 4.79 Å². The lowest BCUT2D eigenvalue weighted by Gasteiger charge is -2.25. The van der Waals surface area contributed by atoms with Crippen LogP contribution >= 0.6 is 12.4 Å². The quantitative estimate of drug-likeness (QED) is 0.874. The SMILES string of the molecule is CCOc1cc(C)ccc1CNC(=O)C1CCCC(N)C1.Cl. The Morgan fingerprint density at radius 2 is 2.18 bits per heavy atom. The van der Waals surface area contributed by atoms with Crippen LogP contribution in [0.4, 0.5) is 0 Å². The smallest absolute Gasteiger partial charge is 0.223 e. The molecule has 1 aromatic carbocycles. The molecule has 0 radical (unpaired) electrons. The largest absolute Gasteiger partial charge is 0.494 e. The summed E-state index contributed by atoms with van der Waals surface area (Å²) in [5, 5.41) is 3.03. The van der Waals surface area contributed by atoms with Gasteiger partial charge < -0.3 is 15.8 Å². The third-order valence-corrected chi connectivity index (χ3v) is 4.06. The van der Waals surface area contributed by atoms with Gasteiger partial charge in [0.15, 0.2) is 0 Å². The van der Waals surface area contributed by atoms with E-state index in [0.717, 1.165) is 42.6 Å². The number of hydrogen-bond acceptors (Lipinski definition) is 3. The Balaban J connectivity index is 0.00000242. The topological polar surface area (TPSA) is 64.3 Å². The van der Waals surface area contributed by atoms with Crippen LogP contribution in [0.5, 0.6) is 5.75 Å². The molecule has 0 spiro atoms. The third kappa shape index (κ3) is 5.18. The molecule has 0 bridgehead atoms. The van der Waals surface area contributed by atoms with E-state index in [4.69, 9.17) is 10.5 Å². The van der Waals surface area contributed by atoms with E-state index in [0.29, 0.717) is 13.2 Å². The summed E-state index contributed by atoms with van der Waals surface area (Å²) in [7, 11) is 0. The molecular weight excluding hydrogens is 300 g/mol. The summed E-state index contributed by atoms with van der Waals surface area (Å²) in [5.41, 5.74) is 8.13. The van der Waals surface area contributed by atoms with Gasteiger partial charge in [-0.2, -0.15) is 0 Å². The normalized spacial score (nSPS) is 20.9. The van der Waals surface area contributed by atoms with Gasteiger partial charge in [-0.05, 0) is 44.7 Å². The summed E-state index contributed by atoms with van der Waals surface area (Å²) in [6.45, 7) is 5.14. The van der Waals surface area contributed by atoms with Crippen molar-refractivity contribution in [3.05, 3.63) is 29.3 Å². The van der Waals surface area contributed by atoms with Crippen molar-refractivity contribution in [3.8, 4) is 5.75 Å². The molecule has 3 N–H and O–H groups in total. The molecule has 1 aliphatic rings. The maximum Gasteiger partial charge on any atom is 0.223 e. The van der Waals surface area contributed by atoms with Crippen molar-refractivity contribution in [1.29, 1.82) is 0 Å². The number of ether oxygens (including phenoxy) is 1. The van der Waals surface area contributed by atoms with Crippen molar-refractivity contribution >= 4 is 18.3 Å². The highest BCUT2D eigenvalue weighted by Gasteiger charge is 2.25. The number of nitrogens with two attached hydrogens (primary N) is 1. The molecule has 1 aromatic rings. The molecule has 1 amide bonds. The monoisotopic (exact) mass is 326 g/mol. The van der Waals surface area contributed by atoms with E-state index in [2.05, 4.69) is 5.32 Å². The summed E-state index contributed by atoms with van der Waals surface area (Å²) >= 11 is 0. The average molecular weight is 327 g/mol. The van der Waals surface area contributed by atoms with E-state index in [-0.39, 0.29) is 30.3 Å². The zero-order valence-corrected chi connectivity index (χ0v) is 14.2. The lowest BCUT2D eigenvalue weighted by molar-refractivity contribution is -0.126. The second-order valence-electron chi connectivity index (χ2n) is 5.89. The van der Waals surface area contributed by atoms with Gasteiger partial charge in [0.05, 0.1) is 6.61 Å². The number of halogens is 1. The third-order valence-electron chi connectivity index (χ3n) is 4.06. The number of hydrogen-bond donors (Lipinski definition) is 2. The molecule has 124 valence electrons. The van der Waals surface area contributed by atoms with E-state index in [1.165, 1.54) is 0 Å². The minimum atomic E-state index is 0.